The summed E-state index contributed by atoms with van der Waals surface area (Å²) in [5.74, 6) is -0.0918. The molecule has 140 valence electrons. The van der Waals surface area contributed by atoms with Crippen LogP contribution in [0.25, 0.3) is 11.0 Å². The highest BCUT2D eigenvalue weighted by molar-refractivity contribution is 5.93. The highest BCUT2D eigenvalue weighted by atomic mass is 16.5. The number of benzene rings is 2. The number of aryl methyl sites for hydroxylation is 3. The topological polar surface area (TPSA) is 65.7 Å². The van der Waals surface area contributed by atoms with Crippen LogP contribution in [-0.4, -0.2) is 12.6 Å². The lowest BCUT2D eigenvalue weighted by atomic mass is 10.0. The number of esters is 1. The third-order valence-electron chi connectivity index (χ3n) is 4.55. The molecule has 0 aliphatic heterocycles. The van der Waals surface area contributed by atoms with Crippen molar-refractivity contribution in [3.63, 3.8) is 0 Å². The highest BCUT2D eigenvalue weighted by Gasteiger charge is 2.15. The van der Waals surface area contributed by atoms with E-state index in [1.807, 2.05) is 0 Å². The molecule has 0 saturated heterocycles. The third-order valence-corrected chi connectivity index (χ3v) is 4.55. The van der Waals surface area contributed by atoms with Gasteiger partial charge in [0.25, 0.3) is 0 Å². The van der Waals surface area contributed by atoms with Gasteiger partial charge in [0.05, 0.1) is 6.61 Å². The summed E-state index contributed by atoms with van der Waals surface area (Å²) >= 11 is 0. The SMILES string of the molecule is CCOC(=O)c1cc2ccc(OCc3cc(C)c(C)cc3C)cc2oc1=O. The first-order valence-corrected chi connectivity index (χ1v) is 8.83. The number of hydrogen-bond acceptors (Lipinski definition) is 5. The fourth-order valence-electron chi connectivity index (χ4n) is 2.87. The summed E-state index contributed by atoms with van der Waals surface area (Å²) in [6.07, 6.45) is 0. The van der Waals surface area contributed by atoms with Crippen LogP contribution >= 0.6 is 0 Å². The van der Waals surface area contributed by atoms with Crippen molar-refractivity contribution in [1.82, 2.24) is 0 Å². The lowest BCUT2D eigenvalue weighted by molar-refractivity contribution is 0.0522. The van der Waals surface area contributed by atoms with Crippen molar-refractivity contribution in [2.45, 2.75) is 34.3 Å². The zero-order valence-electron chi connectivity index (χ0n) is 15.9. The van der Waals surface area contributed by atoms with Crippen LogP contribution in [0, 0.1) is 20.8 Å². The molecule has 0 atom stereocenters. The lowest BCUT2D eigenvalue weighted by Gasteiger charge is -2.12. The molecular formula is C22H22O5. The molecule has 0 saturated carbocycles. The van der Waals surface area contributed by atoms with Gasteiger partial charge in [-0.2, -0.15) is 0 Å². The van der Waals surface area contributed by atoms with Gasteiger partial charge in [0.2, 0.25) is 0 Å². The second-order valence-corrected chi connectivity index (χ2v) is 6.52. The van der Waals surface area contributed by atoms with Gasteiger partial charge in [-0.15, -0.1) is 0 Å². The monoisotopic (exact) mass is 366 g/mol. The first-order valence-electron chi connectivity index (χ1n) is 8.83. The molecule has 0 aliphatic rings. The maximum absolute atomic E-state index is 12.0. The average molecular weight is 366 g/mol. The standard InChI is InChI=1S/C22H22O5/c1-5-25-21(23)19-10-16-6-7-18(11-20(16)27-22(19)24)26-12-17-9-14(3)13(2)8-15(17)4/h6-11H,5,12H2,1-4H3. The Balaban J connectivity index is 1.85. The molecule has 0 aliphatic carbocycles. The van der Waals surface area contributed by atoms with E-state index in [-0.39, 0.29) is 12.2 Å². The van der Waals surface area contributed by atoms with Crippen molar-refractivity contribution in [2.24, 2.45) is 0 Å². The third kappa shape index (κ3) is 4.03. The van der Waals surface area contributed by atoms with Gasteiger partial charge in [-0.1, -0.05) is 12.1 Å². The molecule has 2 aromatic carbocycles. The number of carbonyl (C=O) groups is 1. The summed E-state index contributed by atoms with van der Waals surface area (Å²) in [6, 6.07) is 10.9. The normalized spacial score (nSPS) is 10.8. The molecule has 0 unspecified atom stereocenters. The molecule has 27 heavy (non-hydrogen) atoms. The van der Waals surface area contributed by atoms with Crippen molar-refractivity contribution in [1.29, 1.82) is 0 Å². The highest BCUT2D eigenvalue weighted by Crippen LogP contribution is 2.23. The summed E-state index contributed by atoms with van der Waals surface area (Å²) in [7, 11) is 0. The maximum atomic E-state index is 12.0. The Bertz CT molecular complexity index is 1060. The molecular weight excluding hydrogens is 344 g/mol. The Morgan fingerprint density at radius 3 is 2.48 bits per heavy atom. The molecule has 0 amide bonds. The summed E-state index contributed by atoms with van der Waals surface area (Å²) in [4.78, 5) is 23.9. The van der Waals surface area contributed by atoms with Crippen LogP contribution in [0.2, 0.25) is 0 Å². The van der Waals surface area contributed by atoms with Gasteiger partial charge in [0.15, 0.2) is 0 Å². The quantitative estimate of drug-likeness (QED) is 0.492. The van der Waals surface area contributed by atoms with Crippen LogP contribution in [0.3, 0.4) is 0 Å². The van der Waals surface area contributed by atoms with E-state index in [0.29, 0.717) is 23.3 Å². The van der Waals surface area contributed by atoms with E-state index in [0.717, 1.165) is 5.56 Å². The second-order valence-electron chi connectivity index (χ2n) is 6.52. The van der Waals surface area contributed by atoms with E-state index in [1.54, 1.807) is 25.1 Å². The van der Waals surface area contributed by atoms with Gasteiger partial charge in [-0.25, -0.2) is 9.59 Å². The summed E-state index contributed by atoms with van der Waals surface area (Å²) in [5.41, 5.74) is 4.28. The first-order chi connectivity index (χ1) is 12.9. The van der Waals surface area contributed by atoms with Gasteiger partial charge in [0.1, 0.15) is 23.5 Å². The average Bonchev–Trinajstić information content (AvgIpc) is 2.63. The fourth-order valence-corrected chi connectivity index (χ4v) is 2.87. The Morgan fingerprint density at radius 1 is 1.00 bits per heavy atom. The number of ether oxygens (including phenoxy) is 2. The molecule has 1 aromatic heterocycles. The number of fused-ring (bicyclic) bond motifs is 1. The molecule has 0 spiro atoms. The second kappa shape index (κ2) is 7.66. The van der Waals surface area contributed by atoms with Crippen LogP contribution in [0.5, 0.6) is 5.75 Å². The lowest BCUT2D eigenvalue weighted by Crippen LogP contribution is -2.16. The van der Waals surface area contributed by atoms with Crippen molar-refractivity contribution < 1.29 is 18.7 Å². The summed E-state index contributed by atoms with van der Waals surface area (Å²) < 4.78 is 16.0. The smallest absolute Gasteiger partial charge is 0.351 e. The van der Waals surface area contributed by atoms with E-state index < -0.39 is 11.6 Å². The molecule has 5 nitrogen and oxygen atoms in total. The molecule has 0 radical (unpaired) electrons. The minimum Gasteiger partial charge on any atom is -0.489 e. The van der Waals surface area contributed by atoms with Crippen LogP contribution in [-0.2, 0) is 11.3 Å². The minimum atomic E-state index is -0.719. The zero-order chi connectivity index (χ0) is 19.6. The number of carbonyl (C=O) groups excluding carboxylic acids is 1. The van der Waals surface area contributed by atoms with Gasteiger partial charge < -0.3 is 13.9 Å². The van der Waals surface area contributed by atoms with E-state index in [2.05, 4.69) is 32.9 Å². The van der Waals surface area contributed by atoms with E-state index in [4.69, 9.17) is 13.9 Å². The zero-order valence-corrected chi connectivity index (χ0v) is 15.9. The minimum absolute atomic E-state index is 0.108. The summed E-state index contributed by atoms with van der Waals surface area (Å²) in [5, 5.41) is 0.632. The Hall–Kier alpha value is -3.08. The van der Waals surface area contributed by atoms with Crippen LogP contribution in [0.4, 0.5) is 0 Å². The predicted octanol–water partition coefficient (Wildman–Crippen LogP) is 4.47. The van der Waals surface area contributed by atoms with Gasteiger partial charge >= 0.3 is 11.6 Å². The fraction of sp³-hybridized carbons (Fsp3) is 0.273. The number of rotatable bonds is 5. The van der Waals surface area contributed by atoms with E-state index in [9.17, 15) is 9.59 Å². The van der Waals surface area contributed by atoms with Crippen molar-refractivity contribution >= 4 is 16.9 Å². The van der Waals surface area contributed by atoms with Crippen LogP contribution < -0.4 is 10.4 Å². The Labute approximate surface area is 157 Å². The molecule has 1 heterocycles. The Kier molecular flexibility index (Phi) is 5.31. The molecule has 0 fully saturated rings. The van der Waals surface area contributed by atoms with Gasteiger partial charge in [-0.05, 0) is 68.1 Å². The summed E-state index contributed by atoms with van der Waals surface area (Å²) in [6.45, 7) is 8.51. The maximum Gasteiger partial charge on any atom is 0.351 e. The predicted molar refractivity (Wildman–Crippen MR) is 103 cm³/mol. The van der Waals surface area contributed by atoms with Crippen molar-refractivity contribution in [3.05, 3.63) is 74.6 Å². The largest absolute Gasteiger partial charge is 0.489 e. The van der Waals surface area contributed by atoms with Gasteiger partial charge in [0, 0.05) is 11.5 Å². The molecule has 3 rings (SSSR count). The molecule has 5 heteroatoms. The number of hydrogen-bond donors (Lipinski definition) is 0. The molecule has 0 bridgehead atoms. The van der Waals surface area contributed by atoms with E-state index >= 15 is 0 Å². The Morgan fingerprint density at radius 2 is 1.74 bits per heavy atom. The van der Waals surface area contributed by atoms with Crippen LogP contribution in [0.15, 0.2) is 45.6 Å². The van der Waals surface area contributed by atoms with Crippen LogP contribution in [0.1, 0.15) is 39.5 Å². The van der Waals surface area contributed by atoms with E-state index in [1.165, 1.54) is 22.8 Å². The van der Waals surface area contributed by atoms with Crippen molar-refractivity contribution in [3.8, 4) is 5.75 Å². The van der Waals surface area contributed by atoms with Gasteiger partial charge in [-0.3, -0.25) is 0 Å². The van der Waals surface area contributed by atoms with Crippen molar-refractivity contribution in [2.75, 3.05) is 6.61 Å². The first kappa shape index (κ1) is 18.7. The molecule has 3 aromatic rings. The molecule has 0 N–H and O–H groups in total.